The van der Waals surface area contributed by atoms with Gasteiger partial charge in [-0.3, -0.25) is 19.3 Å². The average Bonchev–Trinajstić information content (AvgIpc) is 2.93. The van der Waals surface area contributed by atoms with Gasteiger partial charge >= 0.3 is 0 Å². The number of nitrogens with zero attached hydrogens (tertiary/aromatic N) is 4. The molecule has 8 nitrogen and oxygen atoms in total. The summed E-state index contributed by atoms with van der Waals surface area (Å²) in [5.74, 6) is 0.157. The number of ether oxygens (including phenoxy) is 1. The van der Waals surface area contributed by atoms with Gasteiger partial charge in [0.25, 0.3) is 11.8 Å². The maximum Gasteiger partial charge on any atom is 0.262 e. The predicted octanol–water partition coefficient (Wildman–Crippen LogP) is 1.76. The summed E-state index contributed by atoms with van der Waals surface area (Å²) in [4.78, 5) is 48.8. The maximum absolute atomic E-state index is 12.7. The number of aromatic nitrogens is 2. The minimum atomic E-state index is -0.410. The molecule has 0 atom stereocenters. The molecule has 1 aromatic heterocycles. The monoisotopic (exact) mass is 394 g/mol. The molecule has 0 saturated carbocycles. The van der Waals surface area contributed by atoms with Gasteiger partial charge in [0.1, 0.15) is 18.5 Å². The first-order valence-corrected chi connectivity index (χ1v) is 9.64. The molecule has 0 radical (unpaired) electrons. The summed E-state index contributed by atoms with van der Waals surface area (Å²) < 4.78 is 5.95. The normalized spacial score (nSPS) is 16.9. The van der Waals surface area contributed by atoms with Gasteiger partial charge in [-0.15, -0.1) is 0 Å². The molecule has 1 aromatic carbocycles. The Bertz CT molecular complexity index is 927. The molecule has 29 heavy (non-hydrogen) atoms. The summed E-state index contributed by atoms with van der Waals surface area (Å²) in [6, 6.07) is 8.44. The highest BCUT2D eigenvalue weighted by molar-refractivity contribution is 6.22. The molecule has 1 fully saturated rings. The fourth-order valence-electron chi connectivity index (χ4n) is 3.76. The molecule has 4 rings (SSSR count). The van der Waals surface area contributed by atoms with Crippen LogP contribution in [0.5, 0.6) is 5.88 Å². The predicted molar refractivity (Wildman–Crippen MR) is 104 cm³/mol. The fourth-order valence-corrected chi connectivity index (χ4v) is 3.76. The lowest BCUT2D eigenvalue weighted by atomic mass is 10.1. The van der Waals surface area contributed by atoms with Gasteiger partial charge in [-0.1, -0.05) is 12.1 Å². The van der Waals surface area contributed by atoms with Crippen LogP contribution in [0.2, 0.25) is 0 Å². The van der Waals surface area contributed by atoms with Crippen molar-refractivity contribution in [1.29, 1.82) is 0 Å². The number of imide groups is 1. The average molecular weight is 394 g/mol. The highest BCUT2D eigenvalue weighted by atomic mass is 16.5. The zero-order valence-corrected chi connectivity index (χ0v) is 16.4. The number of fused-ring (bicyclic) bond motifs is 1. The number of hydrogen-bond donors (Lipinski definition) is 0. The number of benzene rings is 1. The van der Waals surface area contributed by atoms with Crippen LogP contribution in [0.1, 0.15) is 45.1 Å². The molecule has 3 heterocycles. The first-order chi connectivity index (χ1) is 13.9. The maximum atomic E-state index is 12.7. The molecule has 3 amide bonds. The number of aryl methyl sites for hydroxylation is 2. The lowest BCUT2D eigenvalue weighted by molar-refractivity contribution is -0.133. The largest absolute Gasteiger partial charge is 0.474 e. The van der Waals surface area contributed by atoms with E-state index in [1.54, 1.807) is 35.2 Å². The Labute approximate surface area is 168 Å². The highest BCUT2D eigenvalue weighted by Gasteiger charge is 2.37. The molecular formula is C21H22N4O4. The summed E-state index contributed by atoms with van der Waals surface area (Å²) >= 11 is 0. The van der Waals surface area contributed by atoms with Crippen LogP contribution < -0.4 is 4.74 Å². The smallest absolute Gasteiger partial charge is 0.262 e. The summed E-state index contributed by atoms with van der Waals surface area (Å²) in [5.41, 5.74) is 1.56. The van der Waals surface area contributed by atoms with Crippen molar-refractivity contribution in [2.75, 3.05) is 19.6 Å². The highest BCUT2D eigenvalue weighted by Crippen LogP contribution is 2.23. The molecule has 2 aromatic rings. The molecule has 150 valence electrons. The van der Waals surface area contributed by atoms with E-state index in [4.69, 9.17) is 4.74 Å². The van der Waals surface area contributed by atoms with Gasteiger partial charge in [-0.05, 0) is 26.0 Å². The zero-order valence-electron chi connectivity index (χ0n) is 16.4. The van der Waals surface area contributed by atoms with Crippen molar-refractivity contribution in [2.24, 2.45) is 0 Å². The number of piperidine rings is 1. The Morgan fingerprint density at radius 2 is 1.69 bits per heavy atom. The number of likely N-dealkylation sites (tertiary alicyclic amines) is 1. The summed E-state index contributed by atoms with van der Waals surface area (Å²) in [6.07, 6.45) is 1.29. The Kier molecular flexibility index (Phi) is 5.00. The van der Waals surface area contributed by atoms with Crippen molar-refractivity contribution in [3.05, 3.63) is 53.0 Å². The van der Waals surface area contributed by atoms with Crippen LogP contribution in [-0.2, 0) is 4.79 Å². The van der Waals surface area contributed by atoms with Gasteiger partial charge in [0.2, 0.25) is 11.8 Å². The number of carbonyl (C=O) groups is 3. The van der Waals surface area contributed by atoms with E-state index < -0.39 is 11.8 Å². The summed E-state index contributed by atoms with van der Waals surface area (Å²) in [5, 5.41) is 0. The van der Waals surface area contributed by atoms with Crippen molar-refractivity contribution in [3.63, 3.8) is 0 Å². The van der Waals surface area contributed by atoms with Crippen LogP contribution in [0.25, 0.3) is 0 Å². The van der Waals surface area contributed by atoms with Crippen LogP contribution in [-0.4, -0.2) is 63.2 Å². The van der Waals surface area contributed by atoms with Crippen LogP contribution >= 0.6 is 0 Å². The second-order valence-electron chi connectivity index (χ2n) is 7.33. The lowest BCUT2D eigenvalue weighted by Crippen LogP contribution is -2.47. The van der Waals surface area contributed by atoms with Crippen molar-refractivity contribution in [3.8, 4) is 5.88 Å². The number of rotatable bonds is 4. The van der Waals surface area contributed by atoms with Gasteiger partial charge in [0, 0.05) is 37.7 Å². The standard InChI is InChI=1S/C21H22N4O4/c1-13-11-18(23-14(2)22-13)29-15-7-9-24(10-8-15)19(26)12-25-20(27)16-5-3-4-6-17(16)21(25)28/h3-6,11,15H,7-10,12H2,1-2H3. The Balaban J connectivity index is 1.33. The van der Waals surface area contributed by atoms with Gasteiger partial charge in [-0.2, -0.15) is 4.98 Å². The quantitative estimate of drug-likeness (QED) is 0.734. The van der Waals surface area contributed by atoms with Crippen LogP contribution in [0.4, 0.5) is 0 Å². The Morgan fingerprint density at radius 3 is 2.28 bits per heavy atom. The lowest BCUT2D eigenvalue weighted by Gasteiger charge is -2.32. The van der Waals surface area contributed by atoms with Crippen molar-refractivity contribution in [1.82, 2.24) is 19.8 Å². The van der Waals surface area contributed by atoms with E-state index in [2.05, 4.69) is 9.97 Å². The molecule has 0 unspecified atom stereocenters. The van der Waals surface area contributed by atoms with Gasteiger partial charge < -0.3 is 9.64 Å². The van der Waals surface area contributed by atoms with E-state index in [0.717, 1.165) is 10.6 Å². The van der Waals surface area contributed by atoms with Gasteiger partial charge in [0.15, 0.2) is 0 Å². The Morgan fingerprint density at radius 1 is 1.07 bits per heavy atom. The third-order valence-corrected chi connectivity index (χ3v) is 5.20. The molecule has 2 aliphatic rings. The van der Waals surface area contributed by atoms with Crippen molar-refractivity contribution >= 4 is 17.7 Å². The van der Waals surface area contributed by atoms with Crippen LogP contribution in [0.3, 0.4) is 0 Å². The number of amides is 3. The van der Waals surface area contributed by atoms with E-state index in [9.17, 15) is 14.4 Å². The summed E-state index contributed by atoms with van der Waals surface area (Å²) in [6.45, 7) is 4.50. The van der Waals surface area contributed by atoms with E-state index in [0.29, 0.717) is 48.8 Å². The van der Waals surface area contributed by atoms with Crippen molar-refractivity contribution < 1.29 is 19.1 Å². The third kappa shape index (κ3) is 3.83. The summed E-state index contributed by atoms with van der Waals surface area (Å²) in [7, 11) is 0. The Hall–Kier alpha value is -3.29. The second kappa shape index (κ2) is 7.62. The molecule has 2 aliphatic heterocycles. The van der Waals surface area contributed by atoms with E-state index in [1.165, 1.54) is 0 Å². The number of hydrogen-bond acceptors (Lipinski definition) is 6. The van der Waals surface area contributed by atoms with E-state index >= 15 is 0 Å². The fraction of sp³-hybridized carbons (Fsp3) is 0.381. The van der Waals surface area contributed by atoms with E-state index in [1.807, 2.05) is 13.8 Å². The topological polar surface area (TPSA) is 92.7 Å². The van der Waals surface area contributed by atoms with Gasteiger partial charge in [-0.25, -0.2) is 4.98 Å². The second-order valence-corrected chi connectivity index (χ2v) is 7.33. The van der Waals surface area contributed by atoms with Crippen LogP contribution in [0, 0.1) is 13.8 Å². The molecule has 0 N–H and O–H groups in total. The van der Waals surface area contributed by atoms with E-state index in [-0.39, 0.29) is 18.6 Å². The molecule has 1 saturated heterocycles. The first-order valence-electron chi connectivity index (χ1n) is 9.64. The molecule has 0 aliphatic carbocycles. The number of carbonyl (C=O) groups excluding carboxylic acids is 3. The van der Waals surface area contributed by atoms with Crippen LogP contribution in [0.15, 0.2) is 30.3 Å². The van der Waals surface area contributed by atoms with Crippen molar-refractivity contribution in [2.45, 2.75) is 32.8 Å². The molecule has 8 heteroatoms. The SMILES string of the molecule is Cc1cc(OC2CCN(C(=O)CN3C(=O)c4ccccc4C3=O)CC2)nc(C)n1. The minimum absolute atomic E-state index is 0.0351. The molecule has 0 bridgehead atoms. The molecular weight excluding hydrogens is 372 g/mol. The minimum Gasteiger partial charge on any atom is -0.474 e. The first kappa shape index (κ1) is 19.0. The zero-order chi connectivity index (χ0) is 20.5. The molecule has 0 spiro atoms. The van der Waals surface area contributed by atoms with Gasteiger partial charge in [0.05, 0.1) is 11.1 Å². The third-order valence-electron chi connectivity index (χ3n) is 5.20.